The molecule has 0 aromatic carbocycles. The van der Waals surface area contributed by atoms with Gasteiger partial charge in [-0.05, 0) is 56.1 Å². The molecule has 7 heteroatoms. The average Bonchev–Trinajstić information content (AvgIpc) is 2.59. The van der Waals surface area contributed by atoms with Gasteiger partial charge in [0.15, 0.2) is 0 Å². The van der Waals surface area contributed by atoms with Gasteiger partial charge in [-0.25, -0.2) is 9.37 Å². The number of nitrogens with zero attached hydrogens (tertiary/aromatic N) is 1. The Kier molecular flexibility index (Phi) is 6.60. The zero-order valence-corrected chi connectivity index (χ0v) is 16.5. The van der Waals surface area contributed by atoms with Crippen molar-refractivity contribution in [3.63, 3.8) is 0 Å². The number of rotatable bonds is 4. The quantitative estimate of drug-likeness (QED) is 0.524. The van der Waals surface area contributed by atoms with Crippen molar-refractivity contribution in [2.75, 3.05) is 16.8 Å². The van der Waals surface area contributed by atoms with Crippen LogP contribution in [0.15, 0.2) is 12.3 Å². The highest BCUT2D eigenvalue weighted by Gasteiger charge is 2.24. The molecule has 3 rings (SSSR count). The first-order chi connectivity index (χ1) is 11.6. The van der Waals surface area contributed by atoms with Crippen molar-refractivity contribution in [1.29, 1.82) is 0 Å². The highest BCUT2D eigenvalue weighted by atomic mass is 127. The zero-order valence-electron chi connectivity index (χ0n) is 13.6. The highest BCUT2D eigenvalue weighted by molar-refractivity contribution is 14.1. The molecule has 1 aromatic rings. The van der Waals surface area contributed by atoms with E-state index in [-0.39, 0.29) is 11.9 Å². The standard InChI is InChI=1S/C17H23FIN3OS/c18-11-9-15(17(23)22-13-3-1-12(19)2-4-13)16(20-10-11)21-14-5-7-24-8-6-14/h9-10,12-14H,1-8H2,(H,20,21)(H,22,23)/t12-,13+. The molecular weight excluding hydrogens is 440 g/mol. The lowest BCUT2D eigenvalue weighted by atomic mass is 9.95. The molecular formula is C17H23FIN3OS. The van der Waals surface area contributed by atoms with Gasteiger partial charge in [-0.3, -0.25) is 4.79 Å². The Hall–Kier alpha value is -0.570. The number of thioether (sulfide) groups is 1. The lowest BCUT2D eigenvalue weighted by Gasteiger charge is -2.27. The Morgan fingerprint density at radius 1 is 1.17 bits per heavy atom. The number of anilines is 1. The Morgan fingerprint density at radius 2 is 1.88 bits per heavy atom. The van der Waals surface area contributed by atoms with Gasteiger partial charge in [-0.2, -0.15) is 11.8 Å². The number of nitrogens with one attached hydrogen (secondary N) is 2. The van der Waals surface area contributed by atoms with Crippen molar-refractivity contribution in [3.8, 4) is 0 Å². The van der Waals surface area contributed by atoms with Crippen LogP contribution in [0.3, 0.4) is 0 Å². The van der Waals surface area contributed by atoms with Crippen molar-refractivity contribution in [2.24, 2.45) is 0 Å². The normalized spacial score (nSPS) is 25.2. The molecule has 2 aliphatic rings. The van der Waals surface area contributed by atoms with Gasteiger partial charge in [0.25, 0.3) is 5.91 Å². The van der Waals surface area contributed by atoms with Gasteiger partial charge < -0.3 is 10.6 Å². The van der Waals surface area contributed by atoms with E-state index in [1.807, 2.05) is 11.8 Å². The molecule has 1 aliphatic heterocycles. The van der Waals surface area contributed by atoms with Crippen molar-refractivity contribution in [1.82, 2.24) is 10.3 Å². The maximum absolute atomic E-state index is 13.6. The average molecular weight is 463 g/mol. The number of hydrogen-bond donors (Lipinski definition) is 2. The fraction of sp³-hybridized carbons (Fsp3) is 0.647. The lowest BCUT2D eigenvalue weighted by Crippen LogP contribution is -2.38. The van der Waals surface area contributed by atoms with Crippen LogP contribution in [-0.4, -0.2) is 38.4 Å². The Morgan fingerprint density at radius 3 is 2.58 bits per heavy atom. The summed E-state index contributed by atoms with van der Waals surface area (Å²) in [6.07, 6.45) is 7.50. The maximum atomic E-state index is 13.6. The number of carbonyl (C=O) groups is 1. The third-order valence-corrected chi connectivity index (χ3v) is 6.95. The Labute approximate surface area is 160 Å². The topological polar surface area (TPSA) is 54.0 Å². The number of hydrogen-bond acceptors (Lipinski definition) is 4. The molecule has 0 bridgehead atoms. The third-order valence-electron chi connectivity index (χ3n) is 4.65. The molecule has 1 amide bonds. The first-order valence-corrected chi connectivity index (χ1v) is 11.0. The largest absolute Gasteiger partial charge is 0.367 e. The summed E-state index contributed by atoms with van der Waals surface area (Å²) in [5.41, 5.74) is 0.324. The van der Waals surface area contributed by atoms with Crippen molar-refractivity contribution < 1.29 is 9.18 Å². The predicted molar refractivity (Wildman–Crippen MR) is 106 cm³/mol. The number of pyridine rings is 1. The number of halogens is 2. The summed E-state index contributed by atoms with van der Waals surface area (Å²) >= 11 is 4.41. The van der Waals surface area contributed by atoms with Gasteiger partial charge in [0.1, 0.15) is 11.6 Å². The van der Waals surface area contributed by atoms with Crippen molar-refractivity contribution in [3.05, 3.63) is 23.6 Å². The van der Waals surface area contributed by atoms with Gasteiger partial charge in [-0.15, -0.1) is 0 Å². The summed E-state index contributed by atoms with van der Waals surface area (Å²) in [4.78, 5) is 16.8. The lowest BCUT2D eigenvalue weighted by molar-refractivity contribution is 0.0928. The second-order valence-electron chi connectivity index (χ2n) is 6.50. The monoisotopic (exact) mass is 463 g/mol. The Bertz CT molecular complexity index is 575. The first-order valence-electron chi connectivity index (χ1n) is 8.56. The second-order valence-corrected chi connectivity index (χ2v) is 9.49. The van der Waals surface area contributed by atoms with E-state index in [9.17, 15) is 9.18 Å². The van der Waals surface area contributed by atoms with Gasteiger partial charge >= 0.3 is 0 Å². The SMILES string of the molecule is O=C(N[C@H]1CC[C@@H](I)CC1)c1cc(F)cnc1NC1CCSCC1. The fourth-order valence-electron chi connectivity index (χ4n) is 3.22. The molecule has 132 valence electrons. The number of carbonyl (C=O) groups excluding carboxylic acids is 1. The van der Waals surface area contributed by atoms with Crippen LogP contribution in [0.2, 0.25) is 0 Å². The molecule has 1 aromatic heterocycles. The maximum Gasteiger partial charge on any atom is 0.255 e. The first kappa shape index (κ1) is 18.2. The minimum Gasteiger partial charge on any atom is -0.367 e. The van der Waals surface area contributed by atoms with Gasteiger partial charge in [0, 0.05) is 16.0 Å². The molecule has 0 unspecified atom stereocenters. The highest BCUT2D eigenvalue weighted by Crippen LogP contribution is 2.26. The molecule has 2 fully saturated rings. The smallest absolute Gasteiger partial charge is 0.255 e. The third kappa shape index (κ3) is 4.97. The van der Waals surface area contributed by atoms with E-state index in [4.69, 9.17) is 0 Å². The predicted octanol–water partition coefficient (Wildman–Crippen LogP) is 4.00. The van der Waals surface area contributed by atoms with E-state index >= 15 is 0 Å². The van der Waals surface area contributed by atoms with E-state index in [0.717, 1.165) is 50.0 Å². The number of aromatic nitrogens is 1. The number of amides is 1. The zero-order chi connectivity index (χ0) is 16.9. The molecule has 0 atom stereocenters. The van der Waals surface area contributed by atoms with E-state index in [1.165, 1.54) is 12.3 Å². The van der Waals surface area contributed by atoms with Crippen LogP contribution in [0.5, 0.6) is 0 Å². The summed E-state index contributed by atoms with van der Waals surface area (Å²) in [5, 5.41) is 6.42. The minimum atomic E-state index is -0.471. The molecule has 2 heterocycles. The van der Waals surface area contributed by atoms with Crippen LogP contribution in [0.1, 0.15) is 48.9 Å². The molecule has 1 saturated carbocycles. The summed E-state index contributed by atoms with van der Waals surface area (Å²) in [6.45, 7) is 0. The van der Waals surface area contributed by atoms with Crippen LogP contribution in [-0.2, 0) is 0 Å². The van der Waals surface area contributed by atoms with E-state index in [1.54, 1.807) is 0 Å². The molecule has 1 saturated heterocycles. The molecule has 1 aliphatic carbocycles. The van der Waals surface area contributed by atoms with Crippen LogP contribution < -0.4 is 10.6 Å². The summed E-state index contributed by atoms with van der Waals surface area (Å²) in [7, 11) is 0. The molecule has 2 N–H and O–H groups in total. The van der Waals surface area contributed by atoms with E-state index in [2.05, 4.69) is 38.2 Å². The summed E-state index contributed by atoms with van der Waals surface area (Å²) < 4.78 is 14.3. The molecule has 4 nitrogen and oxygen atoms in total. The molecule has 0 spiro atoms. The van der Waals surface area contributed by atoms with Gasteiger partial charge in [0.2, 0.25) is 0 Å². The fourth-order valence-corrected chi connectivity index (χ4v) is 5.05. The number of alkyl halides is 1. The van der Waals surface area contributed by atoms with E-state index < -0.39 is 5.82 Å². The Balaban J connectivity index is 1.68. The van der Waals surface area contributed by atoms with Gasteiger partial charge in [-0.1, -0.05) is 22.6 Å². The van der Waals surface area contributed by atoms with Crippen LogP contribution in [0.25, 0.3) is 0 Å². The van der Waals surface area contributed by atoms with Crippen molar-refractivity contribution in [2.45, 2.75) is 54.5 Å². The van der Waals surface area contributed by atoms with Crippen molar-refractivity contribution >= 4 is 46.1 Å². The summed E-state index contributed by atoms with van der Waals surface area (Å²) in [6, 6.07) is 1.79. The molecule has 0 radical (unpaired) electrons. The van der Waals surface area contributed by atoms with Crippen LogP contribution in [0.4, 0.5) is 10.2 Å². The van der Waals surface area contributed by atoms with E-state index in [0.29, 0.717) is 21.3 Å². The summed E-state index contributed by atoms with van der Waals surface area (Å²) in [5.74, 6) is 2.04. The minimum absolute atomic E-state index is 0.186. The van der Waals surface area contributed by atoms with Crippen LogP contribution in [0, 0.1) is 5.82 Å². The van der Waals surface area contributed by atoms with Gasteiger partial charge in [0.05, 0.1) is 11.8 Å². The molecule has 24 heavy (non-hydrogen) atoms. The second kappa shape index (κ2) is 8.69. The van der Waals surface area contributed by atoms with Crippen LogP contribution >= 0.6 is 34.4 Å².